The van der Waals surface area contributed by atoms with Gasteiger partial charge in [0.15, 0.2) is 5.58 Å². The van der Waals surface area contributed by atoms with Crippen molar-refractivity contribution >= 4 is 23.1 Å². The van der Waals surface area contributed by atoms with Crippen LogP contribution in [0.1, 0.15) is 43.0 Å². The molecule has 0 unspecified atom stereocenters. The SMILES string of the molecule is CCCC1(CNc2nc3ccc(C(=O)O)cc3o2)CC1. The summed E-state index contributed by atoms with van der Waals surface area (Å²) in [4.78, 5) is 15.2. The van der Waals surface area contributed by atoms with Crippen molar-refractivity contribution in [2.24, 2.45) is 5.41 Å². The van der Waals surface area contributed by atoms with Crippen molar-refractivity contribution in [3.8, 4) is 0 Å². The quantitative estimate of drug-likeness (QED) is 0.843. The molecule has 0 bridgehead atoms. The first-order chi connectivity index (χ1) is 9.62. The van der Waals surface area contributed by atoms with Gasteiger partial charge in [-0.15, -0.1) is 0 Å². The van der Waals surface area contributed by atoms with Crippen LogP contribution in [-0.4, -0.2) is 22.6 Å². The molecule has 106 valence electrons. The molecule has 0 radical (unpaired) electrons. The van der Waals surface area contributed by atoms with Gasteiger partial charge in [0.1, 0.15) is 5.52 Å². The van der Waals surface area contributed by atoms with Crippen LogP contribution < -0.4 is 5.32 Å². The summed E-state index contributed by atoms with van der Waals surface area (Å²) in [5.41, 5.74) is 1.82. The monoisotopic (exact) mass is 274 g/mol. The first kappa shape index (κ1) is 13.0. The molecule has 1 heterocycles. The number of rotatable bonds is 6. The molecule has 2 aromatic rings. The average Bonchev–Trinajstić information content (AvgIpc) is 3.06. The minimum atomic E-state index is -0.960. The van der Waals surface area contributed by atoms with Gasteiger partial charge in [0, 0.05) is 6.54 Å². The highest BCUT2D eigenvalue weighted by Gasteiger charge is 2.41. The number of carboxylic acids is 1. The van der Waals surface area contributed by atoms with E-state index in [0.717, 1.165) is 6.54 Å². The number of benzene rings is 1. The number of oxazole rings is 1. The molecule has 1 aliphatic carbocycles. The zero-order valence-corrected chi connectivity index (χ0v) is 11.5. The minimum absolute atomic E-state index is 0.213. The van der Waals surface area contributed by atoms with Crippen LogP contribution in [0, 0.1) is 5.41 Å². The molecule has 1 fully saturated rings. The summed E-state index contributed by atoms with van der Waals surface area (Å²) in [6.45, 7) is 3.08. The third-order valence-electron chi connectivity index (χ3n) is 3.99. The Balaban J connectivity index is 1.74. The predicted molar refractivity (Wildman–Crippen MR) is 76.0 cm³/mol. The van der Waals surface area contributed by atoms with Crippen molar-refractivity contribution in [1.29, 1.82) is 0 Å². The smallest absolute Gasteiger partial charge is 0.335 e. The van der Waals surface area contributed by atoms with E-state index >= 15 is 0 Å². The van der Waals surface area contributed by atoms with Gasteiger partial charge in [0.2, 0.25) is 0 Å². The topological polar surface area (TPSA) is 75.4 Å². The van der Waals surface area contributed by atoms with Gasteiger partial charge >= 0.3 is 5.97 Å². The number of fused-ring (bicyclic) bond motifs is 1. The highest BCUT2D eigenvalue weighted by molar-refractivity contribution is 5.92. The van der Waals surface area contributed by atoms with E-state index in [1.54, 1.807) is 6.07 Å². The summed E-state index contributed by atoms with van der Waals surface area (Å²) in [5.74, 6) is -0.960. The highest BCUT2D eigenvalue weighted by atomic mass is 16.4. The molecule has 1 saturated carbocycles. The van der Waals surface area contributed by atoms with Crippen molar-refractivity contribution in [2.75, 3.05) is 11.9 Å². The lowest BCUT2D eigenvalue weighted by Crippen LogP contribution is -2.15. The fraction of sp³-hybridized carbons (Fsp3) is 0.467. The zero-order valence-electron chi connectivity index (χ0n) is 11.5. The van der Waals surface area contributed by atoms with E-state index in [9.17, 15) is 4.79 Å². The van der Waals surface area contributed by atoms with Crippen LogP contribution in [0.2, 0.25) is 0 Å². The summed E-state index contributed by atoms with van der Waals surface area (Å²) in [6, 6.07) is 5.20. The molecule has 1 aromatic heterocycles. The normalized spacial score (nSPS) is 16.2. The molecular weight excluding hydrogens is 256 g/mol. The van der Waals surface area contributed by atoms with Crippen LogP contribution in [0.3, 0.4) is 0 Å². The minimum Gasteiger partial charge on any atom is -0.478 e. The second-order valence-corrected chi connectivity index (χ2v) is 5.61. The fourth-order valence-electron chi connectivity index (χ4n) is 2.62. The standard InChI is InChI=1S/C15H18N2O3/c1-2-5-15(6-7-15)9-16-14-17-11-4-3-10(13(18)19)8-12(11)20-14/h3-4,8H,2,5-7,9H2,1H3,(H,16,17)(H,18,19). The molecule has 0 amide bonds. The highest BCUT2D eigenvalue weighted by Crippen LogP contribution is 2.49. The van der Waals surface area contributed by atoms with Crippen molar-refractivity contribution < 1.29 is 14.3 Å². The Morgan fingerprint density at radius 1 is 1.50 bits per heavy atom. The third-order valence-corrected chi connectivity index (χ3v) is 3.99. The number of nitrogens with one attached hydrogen (secondary N) is 1. The predicted octanol–water partition coefficient (Wildman–Crippen LogP) is 3.52. The first-order valence-corrected chi connectivity index (χ1v) is 7.00. The molecule has 0 saturated heterocycles. The molecule has 2 N–H and O–H groups in total. The summed E-state index contributed by atoms with van der Waals surface area (Å²) in [7, 11) is 0. The van der Waals surface area contributed by atoms with Gasteiger partial charge in [0.25, 0.3) is 6.01 Å². The molecule has 0 aliphatic heterocycles. The number of anilines is 1. The maximum Gasteiger partial charge on any atom is 0.335 e. The Hall–Kier alpha value is -2.04. The molecule has 1 aliphatic rings. The number of aromatic nitrogens is 1. The van der Waals surface area contributed by atoms with E-state index in [-0.39, 0.29) is 5.56 Å². The van der Waals surface area contributed by atoms with Crippen molar-refractivity contribution in [1.82, 2.24) is 4.98 Å². The number of nitrogens with zero attached hydrogens (tertiary/aromatic N) is 1. The fourth-order valence-corrected chi connectivity index (χ4v) is 2.62. The largest absolute Gasteiger partial charge is 0.478 e. The molecule has 0 spiro atoms. The van der Waals surface area contributed by atoms with Gasteiger partial charge in [-0.1, -0.05) is 13.3 Å². The zero-order chi connectivity index (χ0) is 14.2. The van der Waals surface area contributed by atoms with E-state index in [2.05, 4.69) is 17.2 Å². The van der Waals surface area contributed by atoms with Crippen LogP contribution in [0.5, 0.6) is 0 Å². The van der Waals surface area contributed by atoms with E-state index in [4.69, 9.17) is 9.52 Å². The maximum absolute atomic E-state index is 10.9. The molecular formula is C15H18N2O3. The van der Waals surface area contributed by atoms with Crippen LogP contribution in [-0.2, 0) is 0 Å². The summed E-state index contributed by atoms with van der Waals surface area (Å²) >= 11 is 0. The summed E-state index contributed by atoms with van der Waals surface area (Å²) in [6.07, 6.45) is 4.94. The maximum atomic E-state index is 10.9. The van der Waals surface area contributed by atoms with E-state index in [1.165, 1.54) is 37.8 Å². The van der Waals surface area contributed by atoms with Gasteiger partial charge < -0.3 is 14.8 Å². The molecule has 3 rings (SSSR count). The number of carbonyl (C=O) groups is 1. The molecule has 0 atom stereocenters. The van der Waals surface area contributed by atoms with Crippen LogP contribution in [0.4, 0.5) is 6.01 Å². The lowest BCUT2D eigenvalue weighted by Gasteiger charge is -2.13. The van der Waals surface area contributed by atoms with Gasteiger partial charge in [-0.3, -0.25) is 0 Å². The van der Waals surface area contributed by atoms with Crippen LogP contribution >= 0.6 is 0 Å². The summed E-state index contributed by atoms with van der Waals surface area (Å²) in [5, 5.41) is 12.2. The molecule has 20 heavy (non-hydrogen) atoms. The number of aromatic carboxylic acids is 1. The Morgan fingerprint density at radius 3 is 2.95 bits per heavy atom. The summed E-state index contributed by atoms with van der Waals surface area (Å²) < 4.78 is 5.57. The van der Waals surface area contributed by atoms with Gasteiger partial charge in [-0.2, -0.15) is 4.98 Å². The Morgan fingerprint density at radius 2 is 2.30 bits per heavy atom. The lowest BCUT2D eigenvalue weighted by atomic mass is 10.0. The Labute approximate surface area is 117 Å². The number of hydrogen-bond acceptors (Lipinski definition) is 4. The van der Waals surface area contributed by atoms with Gasteiger partial charge in [0.05, 0.1) is 5.56 Å². The van der Waals surface area contributed by atoms with Crippen molar-refractivity contribution in [2.45, 2.75) is 32.6 Å². The third kappa shape index (κ3) is 2.48. The van der Waals surface area contributed by atoms with Crippen molar-refractivity contribution in [3.05, 3.63) is 23.8 Å². The molecule has 1 aromatic carbocycles. The Bertz CT molecular complexity index is 644. The molecule has 5 nitrogen and oxygen atoms in total. The van der Waals surface area contributed by atoms with E-state index in [0.29, 0.717) is 22.5 Å². The Kier molecular flexibility index (Phi) is 3.12. The van der Waals surface area contributed by atoms with Gasteiger partial charge in [-0.25, -0.2) is 4.79 Å². The van der Waals surface area contributed by atoms with E-state index in [1.807, 2.05) is 0 Å². The number of hydrogen-bond donors (Lipinski definition) is 2. The second-order valence-electron chi connectivity index (χ2n) is 5.61. The number of carboxylic acid groups (broad SMARTS) is 1. The van der Waals surface area contributed by atoms with Crippen molar-refractivity contribution in [3.63, 3.8) is 0 Å². The average molecular weight is 274 g/mol. The molecule has 5 heteroatoms. The van der Waals surface area contributed by atoms with Gasteiger partial charge in [-0.05, 0) is 42.9 Å². The van der Waals surface area contributed by atoms with Crippen LogP contribution in [0.25, 0.3) is 11.1 Å². The van der Waals surface area contributed by atoms with E-state index < -0.39 is 5.97 Å². The first-order valence-electron chi connectivity index (χ1n) is 7.00. The van der Waals surface area contributed by atoms with Crippen LogP contribution in [0.15, 0.2) is 22.6 Å². The lowest BCUT2D eigenvalue weighted by molar-refractivity contribution is 0.0697. The second kappa shape index (κ2) is 4.81.